The largest absolute Gasteiger partial charge is 0.481 e. The maximum Gasteiger partial charge on any atom is 0.304 e. The molecule has 13 heavy (non-hydrogen) atoms. The Morgan fingerprint density at radius 3 is 2.62 bits per heavy atom. The van der Waals surface area contributed by atoms with E-state index in [1.807, 2.05) is 6.92 Å². The quantitative estimate of drug-likeness (QED) is 0.586. The highest BCUT2D eigenvalue weighted by Gasteiger charge is 2.04. The molecule has 0 aromatic heterocycles. The third-order valence-electron chi connectivity index (χ3n) is 1.81. The number of aliphatic carboxylic acids is 1. The van der Waals surface area contributed by atoms with Crippen LogP contribution in [0.5, 0.6) is 0 Å². The first-order valence-electron chi connectivity index (χ1n) is 4.28. The van der Waals surface area contributed by atoms with Gasteiger partial charge in [0.1, 0.15) is 0 Å². The van der Waals surface area contributed by atoms with E-state index in [9.17, 15) is 9.00 Å². The van der Waals surface area contributed by atoms with Crippen molar-refractivity contribution in [2.75, 3.05) is 19.3 Å². The molecule has 0 aliphatic rings. The van der Waals surface area contributed by atoms with Gasteiger partial charge in [0.15, 0.2) is 0 Å². The molecule has 2 unspecified atom stereocenters. The second-order valence-electron chi connectivity index (χ2n) is 2.99. The van der Waals surface area contributed by atoms with E-state index in [0.717, 1.165) is 13.0 Å². The van der Waals surface area contributed by atoms with Gasteiger partial charge in [-0.25, -0.2) is 0 Å². The van der Waals surface area contributed by atoms with Crippen LogP contribution in [0.25, 0.3) is 0 Å². The molecule has 0 bridgehead atoms. The zero-order chi connectivity index (χ0) is 10.3. The second kappa shape index (κ2) is 7.03. The molecule has 2 atom stereocenters. The highest BCUT2D eigenvalue weighted by molar-refractivity contribution is 7.84. The first kappa shape index (κ1) is 12.6. The van der Waals surface area contributed by atoms with Gasteiger partial charge in [-0.05, 0) is 13.0 Å². The molecule has 78 valence electrons. The van der Waals surface area contributed by atoms with Crippen molar-refractivity contribution in [3.05, 3.63) is 0 Å². The number of nitrogens with one attached hydrogen (secondary N) is 1. The molecule has 0 saturated heterocycles. The van der Waals surface area contributed by atoms with E-state index in [0.29, 0.717) is 6.54 Å². The summed E-state index contributed by atoms with van der Waals surface area (Å²) >= 11 is 0. The highest BCUT2D eigenvalue weighted by Crippen LogP contribution is 1.96. The maximum atomic E-state index is 10.9. The molecule has 0 heterocycles. The Kier molecular flexibility index (Phi) is 6.80. The van der Waals surface area contributed by atoms with Gasteiger partial charge >= 0.3 is 5.97 Å². The molecule has 0 aromatic carbocycles. The fourth-order valence-corrected chi connectivity index (χ4v) is 1.24. The Labute approximate surface area is 81.2 Å². The molecule has 0 spiro atoms. The fourth-order valence-electron chi connectivity index (χ4n) is 0.792. The van der Waals surface area contributed by atoms with Crippen LogP contribution in [-0.4, -0.2) is 39.9 Å². The summed E-state index contributed by atoms with van der Waals surface area (Å²) in [6, 6.07) is 0. The van der Waals surface area contributed by atoms with Gasteiger partial charge < -0.3 is 10.4 Å². The Morgan fingerprint density at radius 2 is 2.15 bits per heavy atom. The van der Waals surface area contributed by atoms with Crippen LogP contribution in [0.15, 0.2) is 0 Å². The summed E-state index contributed by atoms with van der Waals surface area (Å²) in [5.74, 6) is -0.792. The minimum absolute atomic E-state index is 0.142. The molecule has 2 N–H and O–H groups in total. The minimum Gasteiger partial charge on any atom is -0.481 e. The van der Waals surface area contributed by atoms with Crippen LogP contribution in [0.2, 0.25) is 0 Å². The van der Waals surface area contributed by atoms with Crippen LogP contribution in [0.4, 0.5) is 0 Å². The molecule has 0 aliphatic heterocycles. The van der Waals surface area contributed by atoms with Crippen molar-refractivity contribution in [2.24, 2.45) is 0 Å². The van der Waals surface area contributed by atoms with Gasteiger partial charge in [0.25, 0.3) is 0 Å². The second-order valence-corrected chi connectivity index (χ2v) is 4.79. The molecule has 5 heteroatoms. The van der Waals surface area contributed by atoms with Crippen LogP contribution < -0.4 is 5.32 Å². The third-order valence-corrected chi connectivity index (χ3v) is 3.18. The molecule has 4 nitrogen and oxygen atoms in total. The van der Waals surface area contributed by atoms with Crippen LogP contribution >= 0.6 is 0 Å². The summed E-state index contributed by atoms with van der Waals surface area (Å²) in [6.45, 7) is 3.14. The fraction of sp³-hybridized carbons (Fsp3) is 0.875. The van der Waals surface area contributed by atoms with E-state index in [1.165, 1.54) is 0 Å². The summed E-state index contributed by atoms with van der Waals surface area (Å²) < 4.78 is 10.9. The van der Waals surface area contributed by atoms with Crippen molar-refractivity contribution < 1.29 is 14.1 Å². The normalized spacial score (nSPS) is 15.2. The predicted molar refractivity (Wildman–Crippen MR) is 53.3 cm³/mol. The zero-order valence-corrected chi connectivity index (χ0v) is 8.89. The van der Waals surface area contributed by atoms with E-state index < -0.39 is 16.8 Å². The summed E-state index contributed by atoms with van der Waals surface area (Å²) in [5.41, 5.74) is 0. The van der Waals surface area contributed by atoms with Crippen molar-refractivity contribution in [3.63, 3.8) is 0 Å². The lowest BCUT2D eigenvalue weighted by Gasteiger charge is -2.07. The van der Waals surface area contributed by atoms with Gasteiger partial charge in [-0.15, -0.1) is 0 Å². The van der Waals surface area contributed by atoms with E-state index in [-0.39, 0.29) is 11.7 Å². The average molecular weight is 207 g/mol. The molecule has 0 amide bonds. The van der Waals surface area contributed by atoms with Gasteiger partial charge in [0.05, 0.1) is 6.42 Å². The number of carbonyl (C=O) groups is 1. The van der Waals surface area contributed by atoms with Crippen molar-refractivity contribution in [1.82, 2.24) is 5.32 Å². The maximum absolute atomic E-state index is 10.9. The van der Waals surface area contributed by atoms with Crippen LogP contribution in [-0.2, 0) is 15.6 Å². The van der Waals surface area contributed by atoms with Crippen LogP contribution in [0.3, 0.4) is 0 Å². The van der Waals surface area contributed by atoms with Crippen LogP contribution in [0, 0.1) is 0 Å². The van der Waals surface area contributed by atoms with E-state index in [2.05, 4.69) is 5.32 Å². The molecule has 0 fully saturated rings. The molecule has 0 radical (unpaired) electrons. The number of carboxylic acid groups (broad SMARTS) is 1. The Morgan fingerprint density at radius 1 is 1.54 bits per heavy atom. The van der Waals surface area contributed by atoms with Crippen molar-refractivity contribution >= 4 is 16.8 Å². The monoisotopic (exact) mass is 207 g/mol. The first-order chi connectivity index (χ1) is 6.04. The van der Waals surface area contributed by atoms with Gasteiger partial charge in [-0.3, -0.25) is 9.00 Å². The minimum atomic E-state index is -0.792. The van der Waals surface area contributed by atoms with E-state index >= 15 is 0 Å². The van der Waals surface area contributed by atoms with Crippen molar-refractivity contribution in [2.45, 2.75) is 25.0 Å². The summed E-state index contributed by atoms with van der Waals surface area (Å²) in [7, 11) is -0.781. The summed E-state index contributed by atoms with van der Waals surface area (Å²) in [6.07, 6.45) is 2.65. The van der Waals surface area contributed by atoms with Gasteiger partial charge in [0, 0.05) is 28.9 Å². The van der Waals surface area contributed by atoms with Gasteiger partial charge in [0.2, 0.25) is 0 Å². The lowest BCUT2D eigenvalue weighted by molar-refractivity contribution is -0.136. The molecule has 0 rings (SSSR count). The first-order valence-corrected chi connectivity index (χ1v) is 5.91. The van der Waals surface area contributed by atoms with Crippen LogP contribution in [0.1, 0.15) is 19.8 Å². The number of hydrogen-bond acceptors (Lipinski definition) is 3. The SMILES string of the molecule is CC(CCNCCC(=O)O)S(C)=O. The number of rotatable bonds is 7. The van der Waals surface area contributed by atoms with Crippen molar-refractivity contribution in [1.29, 1.82) is 0 Å². The average Bonchev–Trinajstić information content (AvgIpc) is 2.02. The molecule has 0 aromatic rings. The Hall–Kier alpha value is -0.420. The van der Waals surface area contributed by atoms with Gasteiger partial charge in [-0.2, -0.15) is 0 Å². The van der Waals surface area contributed by atoms with Crippen molar-refractivity contribution in [3.8, 4) is 0 Å². The highest BCUT2D eigenvalue weighted by atomic mass is 32.2. The number of hydrogen-bond donors (Lipinski definition) is 2. The van der Waals surface area contributed by atoms with E-state index in [4.69, 9.17) is 5.11 Å². The smallest absolute Gasteiger partial charge is 0.304 e. The summed E-state index contributed by atoms with van der Waals surface area (Å²) in [4.78, 5) is 10.1. The summed E-state index contributed by atoms with van der Waals surface area (Å²) in [5, 5.41) is 11.5. The lowest BCUT2D eigenvalue weighted by atomic mass is 10.3. The standard InChI is InChI=1S/C8H17NO3S/c1-7(13(2)12)3-5-9-6-4-8(10)11/h7,9H,3-6H2,1-2H3,(H,10,11). The third kappa shape index (κ3) is 7.93. The van der Waals surface area contributed by atoms with Gasteiger partial charge in [-0.1, -0.05) is 6.92 Å². The zero-order valence-electron chi connectivity index (χ0n) is 8.08. The molecule has 0 aliphatic carbocycles. The molecular formula is C8H17NO3S. The topological polar surface area (TPSA) is 66.4 Å². The predicted octanol–water partition coefficient (Wildman–Crippen LogP) is 0.208. The Bertz CT molecular complexity index is 184. The Balaban J connectivity index is 3.26. The lowest BCUT2D eigenvalue weighted by Crippen LogP contribution is -2.23. The molecular weight excluding hydrogens is 190 g/mol. The van der Waals surface area contributed by atoms with E-state index in [1.54, 1.807) is 6.26 Å². The number of carboxylic acids is 1. The molecule has 0 saturated carbocycles.